The van der Waals surface area contributed by atoms with Crippen molar-refractivity contribution < 1.29 is 9.53 Å². The van der Waals surface area contributed by atoms with Gasteiger partial charge in [-0.1, -0.05) is 25.8 Å². The predicted molar refractivity (Wildman–Crippen MR) is 85.7 cm³/mol. The molecule has 0 radical (unpaired) electrons. The third kappa shape index (κ3) is 4.23. The Morgan fingerprint density at radius 2 is 1.95 bits per heavy atom. The Balaban J connectivity index is 1.89. The van der Waals surface area contributed by atoms with Crippen molar-refractivity contribution in [2.24, 2.45) is 5.92 Å². The van der Waals surface area contributed by atoms with Crippen LogP contribution in [-0.4, -0.2) is 18.6 Å². The zero-order chi connectivity index (χ0) is 15.4. The minimum absolute atomic E-state index is 0.00712. The van der Waals surface area contributed by atoms with Gasteiger partial charge in [-0.2, -0.15) is 0 Å². The standard InChI is InChI=1S/C18H27NO2/c1-12-9-14(3)15(4)17(10-12)21-11-18(20)19-16-8-6-5-7-13(16)2/h9-10,13,16H,5-8,11H2,1-4H3,(H,19,20)/t13-,16+/m1/s1. The molecule has 0 saturated heterocycles. The molecule has 2 rings (SSSR count). The fourth-order valence-corrected chi connectivity index (χ4v) is 3.07. The number of amides is 1. The summed E-state index contributed by atoms with van der Waals surface area (Å²) in [4.78, 5) is 12.1. The van der Waals surface area contributed by atoms with Crippen molar-refractivity contribution in [3.8, 4) is 5.75 Å². The van der Waals surface area contributed by atoms with E-state index in [1.54, 1.807) is 0 Å². The van der Waals surface area contributed by atoms with Crippen molar-refractivity contribution in [1.82, 2.24) is 5.32 Å². The predicted octanol–water partition coefficient (Wildman–Crippen LogP) is 3.69. The average Bonchev–Trinajstić information content (AvgIpc) is 2.44. The number of aryl methyl sites for hydroxylation is 2. The zero-order valence-electron chi connectivity index (χ0n) is 13.7. The topological polar surface area (TPSA) is 38.3 Å². The summed E-state index contributed by atoms with van der Waals surface area (Å²) in [5.41, 5.74) is 3.47. The zero-order valence-corrected chi connectivity index (χ0v) is 13.7. The molecular weight excluding hydrogens is 262 g/mol. The lowest BCUT2D eigenvalue weighted by molar-refractivity contribution is -0.124. The lowest BCUT2D eigenvalue weighted by Gasteiger charge is -2.29. The fourth-order valence-electron chi connectivity index (χ4n) is 3.07. The van der Waals surface area contributed by atoms with E-state index in [9.17, 15) is 4.79 Å². The van der Waals surface area contributed by atoms with Gasteiger partial charge in [-0.25, -0.2) is 0 Å². The lowest BCUT2D eigenvalue weighted by atomic mass is 9.86. The molecule has 116 valence electrons. The van der Waals surface area contributed by atoms with E-state index in [0.717, 1.165) is 23.3 Å². The van der Waals surface area contributed by atoms with Crippen LogP contribution in [-0.2, 0) is 4.79 Å². The summed E-state index contributed by atoms with van der Waals surface area (Å²) in [5, 5.41) is 3.12. The number of ether oxygens (including phenoxy) is 1. The Morgan fingerprint density at radius 1 is 1.24 bits per heavy atom. The van der Waals surface area contributed by atoms with Crippen molar-refractivity contribution >= 4 is 5.91 Å². The average molecular weight is 289 g/mol. The molecule has 0 spiro atoms. The van der Waals surface area contributed by atoms with Gasteiger partial charge in [-0.3, -0.25) is 4.79 Å². The third-order valence-electron chi connectivity index (χ3n) is 4.58. The van der Waals surface area contributed by atoms with Gasteiger partial charge in [-0.05, 0) is 62.3 Å². The number of hydrogen-bond donors (Lipinski definition) is 1. The maximum atomic E-state index is 12.1. The van der Waals surface area contributed by atoms with Crippen LogP contribution in [0.3, 0.4) is 0 Å². The molecule has 0 bridgehead atoms. The maximum Gasteiger partial charge on any atom is 0.258 e. The molecule has 1 saturated carbocycles. The lowest BCUT2D eigenvalue weighted by Crippen LogP contribution is -2.43. The van der Waals surface area contributed by atoms with Crippen LogP contribution in [0.4, 0.5) is 0 Å². The van der Waals surface area contributed by atoms with E-state index in [1.807, 2.05) is 19.9 Å². The van der Waals surface area contributed by atoms with Crippen LogP contribution in [0.25, 0.3) is 0 Å². The van der Waals surface area contributed by atoms with Gasteiger partial charge in [0.05, 0.1) is 0 Å². The van der Waals surface area contributed by atoms with Crippen molar-refractivity contribution in [3.05, 3.63) is 28.8 Å². The first-order valence-electron chi connectivity index (χ1n) is 7.97. The molecule has 1 aromatic carbocycles. The van der Waals surface area contributed by atoms with Gasteiger partial charge in [0.2, 0.25) is 0 Å². The molecule has 1 amide bonds. The van der Waals surface area contributed by atoms with Crippen LogP contribution >= 0.6 is 0 Å². The normalized spacial score (nSPS) is 21.9. The molecular formula is C18H27NO2. The van der Waals surface area contributed by atoms with E-state index in [2.05, 4.69) is 25.2 Å². The summed E-state index contributed by atoms with van der Waals surface area (Å²) < 4.78 is 5.72. The molecule has 0 aliphatic heterocycles. The molecule has 1 aromatic rings. The van der Waals surface area contributed by atoms with Crippen molar-refractivity contribution in [3.63, 3.8) is 0 Å². The fraction of sp³-hybridized carbons (Fsp3) is 0.611. The Kier molecular flexibility index (Phi) is 5.27. The van der Waals surface area contributed by atoms with Crippen LogP contribution in [0, 0.1) is 26.7 Å². The summed E-state index contributed by atoms with van der Waals surface area (Å²) in [7, 11) is 0. The highest BCUT2D eigenvalue weighted by Crippen LogP contribution is 2.24. The van der Waals surface area contributed by atoms with E-state index in [1.165, 1.54) is 24.8 Å². The molecule has 2 atom stereocenters. The van der Waals surface area contributed by atoms with E-state index in [0.29, 0.717) is 12.0 Å². The van der Waals surface area contributed by atoms with E-state index in [-0.39, 0.29) is 12.5 Å². The quantitative estimate of drug-likeness (QED) is 0.918. The molecule has 1 aliphatic rings. The first kappa shape index (κ1) is 15.9. The van der Waals surface area contributed by atoms with Crippen LogP contribution < -0.4 is 10.1 Å². The Bertz CT molecular complexity index is 510. The molecule has 0 unspecified atom stereocenters. The minimum atomic E-state index is -0.00712. The van der Waals surface area contributed by atoms with Crippen LogP contribution in [0.5, 0.6) is 5.75 Å². The van der Waals surface area contributed by atoms with Gasteiger partial charge in [0.25, 0.3) is 5.91 Å². The molecule has 3 heteroatoms. The molecule has 1 fully saturated rings. The number of hydrogen-bond acceptors (Lipinski definition) is 2. The molecule has 3 nitrogen and oxygen atoms in total. The van der Waals surface area contributed by atoms with Gasteiger partial charge in [0.15, 0.2) is 6.61 Å². The highest BCUT2D eigenvalue weighted by atomic mass is 16.5. The van der Waals surface area contributed by atoms with Gasteiger partial charge in [-0.15, -0.1) is 0 Å². The number of rotatable bonds is 4. The largest absolute Gasteiger partial charge is 0.483 e. The molecule has 0 heterocycles. The Labute approximate surface area is 128 Å². The maximum absolute atomic E-state index is 12.1. The van der Waals surface area contributed by atoms with Gasteiger partial charge < -0.3 is 10.1 Å². The first-order chi connectivity index (χ1) is 9.97. The number of nitrogens with one attached hydrogen (secondary N) is 1. The highest BCUT2D eigenvalue weighted by Gasteiger charge is 2.22. The monoisotopic (exact) mass is 289 g/mol. The molecule has 0 aromatic heterocycles. The second-order valence-electron chi connectivity index (χ2n) is 6.43. The van der Waals surface area contributed by atoms with Crippen molar-refractivity contribution in [2.75, 3.05) is 6.61 Å². The second kappa shape index (κ2) is 6.97. The minimum Gasteiger partial charge on any atom is -0.483 e. The summed E-state index contributed by atoms with van der Waals surface area (Å²) in [6, 6.07) is 4.44. The molecule has 1 N–H and O–H groups in total. The van der Waals surface area contributed by atoms with Gasteiger partial charge >= 0.3 is 0 Å². The number of carbonyl (C=O) groups is 1. The van der Waals surface area contributed by atoms with Gasteiger partial charge in [0, 0.05) is 6.04 Å². The number of carbonyl (C=O) groups excluding carboxylic acids is 1. The molecule has 1 aliphatic carbocycles. The first-order valence-corrected chi connectivity index (χ1v) is 7.97. The van der Waals surface area contributed by atoms with E-state index in [4.69, 9.17) is 4.74 Å². The summed E-state index contributed by atoms with van der Waals surface area (Å²) in [5.74, 6) is 1.39. The van der Waals surface area contributed by atoms with Crippen LogP contribution in [0.1, 0.15) is 49.3 Å². The summed E-state index contributed by atoms with van der Waals surface area (Å²) in [6.07, 6.45) is 4.80. The van der Waals surface area contributed by atoms with Crippen LogP contribution in [0.15, 0.2) is 12.1 Å². The highest BCUT2D eigenvalue weighted by molar-refractivity contribution is 5.78. The Hall–Kier alpha value is -1.51. The second-order valence-corrected chi connectivity index (χ2v) is 6.43. The SMILES string of the molecule is Cc1cc(C)c(C)c(OCC(=O)N[C@H]2CCCC[C@H]2C)c1. The third-order valence-corrected chi connectivity index (χ3v) is 4.58. The van der Waals surface area contributed by atoms with Crippen molar-refractivity contribution in [2.45, 2.75) is 59.4 Å². The van der Waals surface area contributed by atoms with E-state index >= 15 is 0 Å². The summed E-state index contributed by atoms with van der Waals surface area (Å²) >= 11 is 0. The Morgan fingerprint density at radius 3 is 2.67 bits per heavy atom. The number of benzene rings is 1. The van der Waals surface area contributed by atoms with Crippen molar-refractivity contribution in [1.29, 1.82) is 0 Å². The van der Waals surface area contributed by atoms with E-state index < -0.39 is 0 Å². The van der Waals surface area contributed by atoms with Gasteiger partial charge in [0.1, 0.15) is 5.75 Å². The smallest absolute Gasteiger partial charge is 0.258 e. The van der Waals surface area contributed by atoms with Crippen LogP contribution in [0.2, 0.25) is 0 Å². The molecule has 21 heavy (non-hydrogen) atoms. The summed E-state index contributed by atoms with van der Waals surface area (Å²) in [6.45, 7) is 8.47.